The number of hydrogen-bond donors (Lipinski definition) is 0. The summed E-state index contributed by atoms with van der Waals surface area (Å²) in [6.07, 6.45) is 0.995. The van der Waals surface area contributed by atoms with Gasteiger partial charge in [-0.15, -0.1) is 11.3 Å². The van der Waals surface area contributed by atoms with Crippen LogP contribution in [0.1, 0.15) is 32.6 Å². The Kier molecular flexibility index (Phi) is 4.21. The number of fused-ring (bicyclic) bond motifs is 1. The molecule has 116 valence electrons. The molecule has 0 saturated heterocycles. The van der Waals surface area contributed by atoms with E-state index in [1.54, 1.807) is 11.3 Å². The van der Waals surface area contributed by atoms with Gasteiger partial charge in [-0.1, -0.05) is 25.1 Å². The number of para-hydroxylation sites is 1. The standard InChI is InChI=1S/C18H22N2OS/c1-4-16-13(2)11-17(22-16)18(21)20-10-9-19(3)15-8-6-5-7-14(15)12-20/h5-8,11H,4,9-10,12H2,1-3H3. The summed E-state index contributed by atoms with van der Waals surface area (Å²) in [5.74, 6) is 0.165. The Morgan fingerprint density at radius 2 is 2.05 bits per heavy atom. The molecule has 0 N–H and O–H groups in total. The van der Waals surface area contributed by atoms with Crippen LogP contribution in [0.2, 0.25) is 0 Å². The lowest BCUT2D eigenvalue weighted by Crippen LogP contribution is -2.33. The van der Waals surface area contributed by atoms with E-state index in [2.05, 4.69) is 44.0 Å². The molecule has 1 aliphatic rings. The Morgan fingerprint density at radius 3 is 2.77 bits per heavy atom. The minimum absolute atomic E-state index is 0.165. The zero-order chi connectivity index (χ0) is 15.7. The molecule has 0 atom stereocenters. The van der Waals surface area contributed by atoms with Crippen molar-refractivity contribution in [2.45, 2.75) is 26.8 Å². The van der Waals surface area contributed by atoms with E-state index in [1.807, 2.05) is 17.0 Å². The van der Waals surface area contributed by atoms with Crippen molar-refractivity contribution in [1.82, 2.24) is 4.90 Å². The molecule has 0 aliphatic carbocycles. The number of nitrogens with zero attached hydrogens (tertiary/aromatic N) is 2. The highest BCUT2D eigenvalue weighted by Crippen LogP contribution is 2.27. The zero-order valence-corrected chi connectivity index (χ0v) is 14.2. The highest BCUT2D eigenvalue weighted by Gasteiger charge is 2.23. The predicted molar refractivity (Wildman–Crippen MR) is 92.9 cm³/mol. The van der Waals surface area contributed by atoms with Crippen molar-refractivity contribution in [1.29, 1.82) is 0 Å². The minimum atomic E-state index is 0.165. The van der Waals surface area contributed by atoms with Crippen molar-refractivity contribution in [2.75, 3.05) is 25.0 Å². The summed E-state index contributed by atoms with van der Waals surface area (Å²) in [5.41, 5.74) is 3.69. The van der Waals surface area contributed by atoms with Crippen molar-refractivity contribution >= 4 is 22.9 Å². The smallest absolute Gasteiger partial charge is 0.264 e. The second-order valence-corrected chi connectivity index (χ2v) is 6.98. The molecule has 0 spiro atoms. The number of carbonyl (C=O) groups is 1. The monoisotopic (exact) mass is 314 g/mol. The van der Waals surface area contributed by atoms with E-state index in [-0.39, 0.29) is 5.91 Å². The average Bonchev–Trinajstić information content (AvgIpc) is 2.82. The lowest BCUT2D eigenvalue weighted by Gasteiger charge is -2.20. The van der Waals surface area contributed by atoms with Crippen LogP contribution in [-0.4, -0.2) is 30.9 Å². The number of aryl methyl sites for hydroxylation is 2. The van der Waals surface area contributed by atoms with Gasteiger partial charge in [0, 0.05) is 37.2 Å². The molecule has 0 saturated carbocycles. The van der Waals surface area contributed by atoms with Gasteiger partial charge in [-0.2, -0.15) is 0 Å². The van der Waals surface area contributed by atoms with Crippen LogP contribution in [-0.2, 0) is 13.0 Å². The second kappa shape index (κ2) is 6.13. The third-order valence-electron chi connectivity index (χ3n) is 4.31. The van der Waals surface area contributed by atoms with Crippen molar-refractivity contribution < 1.29 is 4.79 Å². The van der Waals surface area contributed by atoms with Gasteiger partial charge in [0.05, 0.1) is 4.88 Å². The van der Waals surface area contributed by atoms with Crippen molar-refractivity contribution in [3.05, 3.63) is 51.2 Å². The number of benzene rings is 1. The van der Waals surface area contributed by atoms with E-state index in [4.69, 9.17) is 0 Å². The van der Waals surface area contributed by atoms with Crippen molar-refractivity contribution in [2.24, 2.45) is 0 Å². The van der Waals surface area contributed by atoms with Gasteiger partial charge < -0.3 is 9.80 Å². The van der Waals surface area contributed by atoms with Gasteiger partial charge in [0.2, 0.25) is 0 Å². The Hall–Kier alpha value is -1.81. The van der Waals surface area contributed by atoms with E-state index in [1.165, 1.54) is 21.7 Å². The summed E-state index contributed by atoms with van der Waals surface area (Å²) in [6.45, 7) is 6.57. The number of thiophene rings is 1. The largest absolute Gasteiger partial charge is 0.373 e. The maximum Gasteiger partial charge on any atom is 0.264 e. The zero-order valence-electron chi connectivity index (χ0n) is 13.4. The van der Waals surface area contributed by atoms with Crippen LogP contribution >= 0.6 is 11.3 Å². The second-order valence-electron chi connectivity index (χ2n) is 5.85. The predicted octanol–water partition coefficient (Wildman–Crippen LogP) is 3.71. The highest BCUT2D eigenvalue weighted by atomic mass is 32.1. The number of hydrogen-bond acceptors (Lipinski definition) is 3. The first-order valence-electron chi connectivity index (χ1n) is 7.77. The first kappa shape index (κ1) is 15.1. The lowest BCUT2D eigenvalue weighted by atomic mass is 10.1. The SMILES string of the molecule is CCc1sc(C(=O)N2CCN(C)c3ccccc3C2)cc1C. The summed E-state index contributed by atoms with van der Waals surface area (Å²) in [5, 5.41) is 0. The van der Waals surface area contributed by atoms with E-state index in [0.717, 1.165) is 24.4 Å². The molecule has 0 fully saturated rings. The molecule has 22 heavy (non-hydrogen) atoms. The summed E-state index contributed by atoms with van der Waals surface area (Å²) in [4.78, 5) is 19.3. The van der Waals surface area contributed by atoms with Crippen molar-refractivity contribution in [3.63, 3.8) is 0 Å². The highest BCUT2D eigenvalue weighted by molar-refractivity contribution is 7.14. The molecule has 3 nitrogen and oxygen atoms in total. The number of likely N-dealkylation sites (N-methyl/N-ethyl adjacent to an activating group) is 1. The van der Waals surface area contributed by atoms with Gasteiger partial charge in [0.1, 0.15) is 0 Å². The van der Waals surface area contributed by atoms with Crippen LogP contribution in [0.25, 0.3) is 0 Å². The lowest BCUT2D eigenvalue weighted by molar-refractivity contribution is 0.0756. The quantitative estimate of drug-likeness (QED) is 0.843. The Bertz CT molecular complexity index is 692. The molecule has 0 radical (unpaired) electrons. The van der Waals surface area contributed by atoms with Gasteiger partial charge in [0.15, 0.2) is 0 Å². The fourth-order valence-corrected chi connectivity index (χ4v) is 4.08. The van der Waals surface area contributed by atoms with Crippen LogP contribution < -0.4 is 4.90 Å². The number of anilines is 1. The molecular weight excluding hydrogens is 292 g/mol. The molecule has 1 aromatic carbocycles. The molecule has 1 amide bonds. The molecule has 1 aliphatic heterocycles. The first-order chi connectivity index (χ1) is 10.6. The van der Waals surface area contributed by atoms with E-state index >= 15 is 0 Å². The summed E-state index contributed by atoms with van der Waals surface area (Å²) in [6, 6.07) is 10.4. The maximum absolute atomic E-state index is 12.9. The molecule has 3 rings (SSSR count). The fourth-order valence-electron chi connectivity index (χ4n) is 3.00. The van der Waals surface area contributed by atoms with Gasteiger partial charge in [0.25, 0.3) is 5.91 Å². The normalized spacial score (nSPS) is 14.7. The third kappa shape index (κ3) is 2.75. The third-order valence-corrected chi connectivity index (χ3v) is 5.68. The minimum Gasteiger partial charge on any atom is -0.373 e. The Labute approximate surface area is 136 Å². The molecule has 2 aromatic rings. The number of carbonyl (C=O) groups excluding carboxylic acids is 1. The van der Waals surface area contributed by atoms with Gasteiger partial charge >= 0.3 is 0 Å². The molecular formula is C18H22N2OS. The van der Waals surface area contributed by atoms with Crippen LogP contribution in [0, 0.1) is 6.92 Å². The Balaban J connectivity index is 1.87. The molecule has 4 heteroatoms. The van der Waals surface area contributed by atoms with Gasteiger partial charge in [-0.25, -0.2) is 0 Å². The van der Waals surface area contributed by atoms with Gasteiger partial charge in [-0.05, 0) is 36.6 Å². The molecule has 2 heterocycles. The number of amides is 1. The average molecular weight is 314 g/mol. The summed E-state index contributed by atoms with van der Waals surface area (Å²) in [7, 11) is 2.09. The topological polar surface area (TPSA) is 23.6 Å². The van der Waals surface area contributed by atoms with Gasteiger partial charge in [-0.3, -0.25) is 4.79 Å². The maximum atomic E-state index is 12.9. The fraction of sp³-hybridized carbons (Fsp3) is 0.389. The van der Waals surface area contributed by atoms with Crippen LogP contribution in [0.4, 0.5) is 5.69 Å². The van der Waals surface area contributed by atoms with Crippen LogP contribution in [0.15, 0.2) is 30.3 Å². The van der Waals surface area contributed by atoms with E-state index in [0.29, 0.717) is 6.54 Å². The Morgan fingerprint density at radius 1 is 1.27 bits per heavy atom. The van der Waals surface area contributed by atoms with E-state index < -0.39 is 0 Å². The van der Waals surface area contributed by atoms with Crippen LogP contribution in [0.5, 0.6) is 0 Å². The molecule has 1 aromatic heterocycles. The summed E-state index contributed by atoms with van der Waals surface area (Å²) >= 11 is 1.65. The molecule has 0 unspecified atom stereocenters. The van der Waals surface area contributed by atoms with Crippen molar-refractivity contribution in [3.8, 4) is 0 Å². The van der Waals surface area contributed by atoms with Crippen LogP contribution in [0.3, 0.4) is 0 Å². The molecule has 0 bridgehead atoms. The first-order valence-corrected chi connectivity index (χ1v) is 8.59. The summed E-state index contributed by atoms with van der Waals surface area (Å²) < 4.78 is 0. The number of rotatable bonds is 2. The van der Waals surface area contributed by atoms with E-state index in [9.17, 15) is 4.79 Å².